The molecule has 24 heavy (non-hydrogen) atoms. The van der Waals surface area contributed by atoms with Crippen LogP contribution in [0.5, 0.6) is 0 Å². The van der Waals surface area contributed by atoms with Gasteiger partial charge in [-0.1, -0.05) is 35.9 Å². The van der Waals surface area contributed by atoms with E-state index in [0.29, 0.717) is 29.8 Å². The predicted octanol–water partition coefficient (Wildman–Crippen LogP) is 2.71. The second-order valence-electron chi connectivity index (χ2n) is 6.49. The maximum Gasteiger partial charge on any atom is 0.254 e. The Hall–Kier alpha value is -2.46. The highest BCUT2D eigenvalue weighted by Gasteiger charge is 2.27. The number of likely N-dealkylation sites (tertiary alicyclic amines) is 1. The van der Waals surface area contributed by atoms with Gasteiger partial charge in [0.2, 0.25) is 0 Å². The molecule has 1 heterocycles. The van der Waals surface area contributed by atoms with E-state index in [9.17, 15) is 9.59 Å². The number of rotatable bonds is 3. The van der Waals surface area contributed by atoms with Gasteiger partial charge in [-0.3, -0.25) is 9.59 Å². The monoisotopic (exact) mass is 322 g/mol. The van der Waals surface area contributed by atoms with E-state index in [4.69, 9.17) is 5.73 Å². The van der Waals surface area contributed by atoms with Gasteiger partial charge >= 0.3 is 0 Å². The van der Waals surface area contributed by atoms with Crippen molar-refractivity contribution in [2.45, 2.75) is 26.3 Å². The highest BCUT2D eigenvalue weighted by atomic mass is 16.2. The fourth-order valence-electron chi connectivity index (χ4n) is 3.14. The van der Waals surface area contributed by atoms with Crippen LogP contribution in [0.2, 0.25) is 0 Å². The Morgan fingerprint density at radius 2 is 1.75 bits per heavy atom. The first-order chi connectivity index (χ1) is 11.5. The molecule has 1 amide bonds. The Kier molecular flexibility index (Phi) is 4.49. The minimum absolute atomic E-state index is 0.0239. The van der Waals surface area contributed by atoms with Gasteiger partial charge in [-0.2, -0.15) is 0 Å². The fourth-order valence-corrected chi connectivity index (χ4v) is 3.14. The zero-order chi connectivity index (χ0) is 17.3. The van der Waals surface area contributed by atoms with Crippen molar-refractivity contribution in [3.8, 4) is 0 Å². The van der Waals surface area contributed by atoms with E-state index >= 15 is 0 Å². The highest BCUT2D eigenvalue weighted by molar-refractivity contribution is 6.16. The van der Waals surface area contributed by atoms with Crippen molar-refractivity contribution in [2.75, 3.05) is 13.1 Å². The standard InChI is InChI=1S/C20H22N2O2/c1-13-7-8-14(2)18(11-13)19(23)16-5-3-4-6-17(16)20(24)22-10-9-15(21)12-22/h3-8,11,15H,9-10,12,21H2,1-2H3. The molecule has 0 aromatic heterocycles. The summed E-state index contributed by atoms with van der Waals surface area (Å²) in [5.74, 6) is -0.221. The topological polar surface area (TPSA) is 63.4 Å². The van der Waals surface area contributed by atoms with Crippen LogP contribution in [0, 0.1) is 13.8 Å². The summed E-state index contributed by atoms with van der Waals surface area (Å²) in [6, 6.07) is 12.9. The van der Waals surface area contributed by atoms with E-state index in [1.54, 1.807) is 29.2 Å². The van der Waals surface area contributed by atoms with Crippen LogP contribution in [0.25, 0.3) is 0 Å². The molecule has 2 N–H and O–H groups in total. The highest BCUT2D eigenvalue weighted by Crippen LogP contribution is 2.21. The molecule has 0 saturated carbocycles. The van der Waals surface area contributed by atoms with Crippen molar-refractivity contribution < 1.29 is 9.59 Å². The van der Waals surface area contributed by atoms with E-state index in [1.165, 1.54) is 0 Å². The molecule has 1 atom stereocenters. The van der Waals surface area contributed by atoms with Crippen LogP contribution in [-0.2, 0) is 0 Å². The van der Waals surface area contributed by atoms with Crippen molar-refractivity contribution in [1.82, 2.24) is 4.90 Å². The van der Waals surface area contributed by atoms with Gasteiger partial charge in [0.1, 0.15) is 0 Å². The quantitative estimate of drug-likeness (QED) is 0.884. The van der Waals surface area contributed by atoms with Crippen molar-refractivity contribution >= 4 is 11.7 Å². The molecule has 2 aromatic rings. The third kappa shape index (κ3) is 3.10. The SMILES string of the molecule is Cc1ccc(C)c(C(=O)c2ccccc2C(=O)N2CCC(N)C2)c1. The number of hydrogen-bond donors (Lipinski definition) is 1. The number of nitrogens with zero attached hydrogens (tertiary/aromatic N) is 1. The molecule has 1 saturated heterocycles. The first-order valence-electron chi connectivity index (χ1n) is 8.23. The summed E-state index contributed by atoms with van der Waals surface area (Å²) >= 11 is 0. The lowest BCUT2D eigenvalue weighted by Gasteiger charge is -2.18. The molecule has 3 rings (SSSR count). The number of ketones is 1. The Morgan fingerprint density at radius 3 is 2.42 bits per heavy atom. The van der Waals surface area contributed by atoms with Crippen LogP contribution in [0.1, 0.15) is 43.8 Å². The first kappa shape index (κ1) is 16.4. The zero-order valence-electron chi connectivity index (χ0n) is 14.1. The molecule has 4 nitrogen and oxygen atoms in total. The summed E-state index contributed by atoms with van der Waals surface area (Å²) < 4.78 is 0. The molecule has 0 aliphatic carbocycles. The third-order valence-corrected chi connectivity index (χ3v) is 4.55. The molecule has 1 unspecified atom stereocenters. The minimum atomic E-state index is -0.114. The minimum Gasteiger partial charge on any atom is -0.337 e. The van der Waals surface area contributed by atoms with Gasteiger partial charge in [0.15, 0.2) is 5.78 Å². The molecular formula is C20H22N2O2. The Morgan fingerprint density at radius 1 is 1.04 bits per heavy atom. The molecule has 2 aromatic carbocycles. The molecular weight excluding hydrogens is 300 g/mol. The normalized spacial score (nSPS) is 17.1. The van der Waals surface area contributed by atoms with Gasteiger partial charge in [-0.05, 0) is 38.0 Å². The fraction of sp³-hybridized carbons (Fsp3) is 0.300. The average Bonchev–Trinajstić information content (AvgIpc) is 3.02. The molecule has 1 aliphatic heterocycles. The number of hydrogen-bond acceptors (Lipinski definition) is 3. The smallest absolute Gasteiger partial charge is 0.254 e. The second kappa shape index (κ2) is 6.57. The van der Waals surface area contributed by atoms with Crippen molar-refractivity contribution in [2.24, 2.45) is 5.73 Å². The van der Waals surface area contributed by atoms with Crippen LogP contribution in [0.3, 0.4) is 0 Å². The number of carbonyl (C=O) groups excluding carboxylic acids is 2. The number of aryl methyl sites for hydroxylation is 2. The Labute approximate surface area is 142 Å². The van der Waals surface area contributed by atoms with E-state index in [0.717, 1.165) is 17.5 Å². The summed E-state index contributed by atoms with van der Waals surface area (Å²) in [4.78, 5) is 27.6. The summed E-state index contributed by atoms with van der Waals surface area (Å²) in [5.41, 5.74) is 9.40. The van der Waals surface area contributed by atoms with E-state index in [1.807, 2.05) is 32.0 Å². The van der Waals surface area contributed by atoms with Crippen LogP contribution < -0.4 is 5.73 Å². The maximum atomic E-state index is 13.0. The van der Waals surface area contributed by atoms with E-state index in [-0.39, 0.29) is 17.7 Å². The van der Waals surface area contributed by atoms with Crippen LogP contribution in [0.4, 0.5) is 0 Å². The molecule has 1 fully saturated rings. The number of benzene rings is 2. The molecule has 1 aliphatic rings. The zero-order valence-corrected chi connectivity index (χ0v) is 14.1. The number of nitrogens with two attached hydrogens (primary N) is 1. The van der Waals surface area contributed by atoms with Gasteiger partial charge in [0, 0.05) is 30.3 Å². The number of amides is 1. The van der Waals surface area contributed by atoms with Crippen molar-refractivity contribution in [1.29, 1.82) is 0 Å². The van der Waals surface area contributed by atoms with Gasteiger partial charge < -0.3 is 10.6 Å². The summed E-state index contributed by atoms with van der Waals surface area (Å²) in [6.45, 7) is 5.06. The summed E-state index contributed by atoms with van der Waals surface area (Å²) in [6.07, 6.45) is 0.804. The Balaban J connectivity index is 1.98. The lowest BCUT2D eigenvalue weighted by molar-refractivity contribution is 0.0786. The van der Waals surface area contributed by atoms with Crippen LogP contribution in [-0.4, -0.2) is 35.7 Å². The maximum absolute atomic E-state index is 13.0. The lowest BCUT2D eigenvalue weighted by Crippen LogP contribution is -2.32. The van der Waals surface area contributed by atoms with Gasteiger partial charge in [-0.15, -0.1) is 0 Å². The molecule has 124 valence electrons. The third-order valence-electron chi connectivity index (χ3n) is 4.55. The van der Waals surface area contributed by atoms with E-state index in [2.05, 4.69) is 0 Å². The van der Waals surface area contributed by atoms with E-state index < -0.39 is 0 Å². The van der Waals surface area contributed by atoms with Crippen molar-refractivity contribution in [3.05, 3.63) is 70.3 Å². The molecule has 0 radical (unpaired) electrons. The van der Waals surface area contributed by atoms with Gasteiger partial charge in [-0.25, -0.2) is 0 Å². The lowest BCUT2D eigenvalue weighted by atomic mass is 9.94. The first-order valence-corrected chi connectivity index (χ1v) is 8.23. The second-order valence-corrected chi connectivity index (χ2v) is 6.49. The van der Waals surface area contributed by atoms with Crippen LogP contribution in [0.15, 0.2) is 42.5 Å². The largest absolute Gasteiger partial charge is 0.337 e. The van der Waals surface area contributed by atoms with Gasteiger partial charge in [0.05, 0.1) is 5.56 Å². The predicted molar refractivity (Wildman–Crippen MR) is 94.3 cm³/mol. The average molecular weight is 322 g/mol. The molecule has 0 spiro atoms. The Bertz CT molecular complexity index is 798. The van der Waals surface area contributed by atoms with Gasteiger partial charge in [0.25, 0.3) is 5.91 Å². The molecule has 0 bridgehead atoms. The van der Waals surface area contributed by atoms with Crippen LogP contribution >= 0.6 is 0 Å². The summed E-state index contributed by atoms with van der Waals surface area (Å²) in [7, 11) is 0. The summed E-state index contributed by atoms with van der Waals surface area (Å²) in [5, 5.41) is 0. The number of carbonyl (C=O) groups is 2. The molecule has 4 heteroatoms. The van der Waals surface area contributed by atoms with Crippen molar-refractivity contribution in [3.63, 3.8) is 0 Å².